The number of hydrogen-bond acceptors (Lipinski definition) is 8. The van der Waals surface area contributed by atoms with Crippen LogP contribution in [0.4, 0.5) is 17.3 Å². The summed E-state index contributed by atoms with van der Waals surface area (Å²) in [5.41, 5.74) is 10.3. The molecule has 11 nitrogen and oxygen atoms in total. The lowest BCUT2D eigenvalue weighted by molar-refractivity contribution is 0.0818. The molecule has 230 valence electrons. The summed E-state index contributed by atoms with van der Waals surface area (Å²) in [5.74, 6) is 0.658. The number of rotatable bonds is 7. The van der Waals surface area contributed by atoms with Crippen molar-refractivity contribution >= 4 is 34.8 Å². The maximum Gasteiger partial charge on any atom is 0.284 e. The van der Waals surface area contributed by atoms with Crippen LogP contribution in [-0.4, -0.2) is 56.5 Å². The molecule has 1 aliphatic rings. The number of halogens is 1. The minimum absolute atomic E-state index is 0.0455. The highest BCUT2D eigenvalue weighted by Crippen LogP contribution is 2.29. The second kappa shape index (κ2) is 12.5. The van der Waals surface area contributed by atoms with Gasteiger partial charge < -0.3 is 20.7 Å². The van der Waals surface area contributed by atoms with Crippen LogP contribution in [0.1, 0.15) is 28.9 Å². The van der Waals surface area contributed by atoms with Crippen LogP contribution in [0, 0.1) is 6.92 Å². The van der Waals surface area contributed by atoms with Crippen LogP contribution in [0.25, 0.3) is 28.2 Å². The summed E-state index contributed by atoms with van der Waals surface area (Å²) in [4.78, 5) is 42.7. The Morgan fingerprint density at radius 2 is 1.80 bits per heavy atom. The summed E-state index contributed by atoms with van der Waals surface area (Å²) in [5, 5.41) is 3.33. The highest BCUT2D eigenvalue weighted by molar-refractivity contribution is 6.30. The van der Waals surface area contributed by atoms with Crippen molar-refractivity contribution in [3.05, 3.63) is 99.7 Å². The Balaban J connectivity index is 1.21. The molecule has 1 fully saturated rings. The first kappa shape index (κ1) is 30.0. The van der Waals surface area contributed by atoms with E-state index in [9.17, 15) is 9.59 Å². The largest absolute Gasteiger partial charge is 0.382 e. The number of ether oxygens (including phenoxy) is 1. The third kappa shape index (κ3) is 6.04. The fourth-order valence-electron chi connectivity index (χ4n) is 5.59. The monoisotopic (exact) mass is 624 g/mol. The summed E-state index contributed by atoms with van der Waals surface area (Å²) in [6, 6.07) is 17.9. The lowest BCUT2D eigenvalue weighted by atomic mass is 10.1. The van der Waals surface area contributed by atoms with Crippen LogP contribution in [0.3, 0.4) is 0 Å². The van der Waals surface area contributed by atoms with Crippen molar-refractivity contribution < 1.29 is 9.53 Å². The molecule has 1 aliphatic heterocycles. The Labute approximate surface area is 265 Å². The van der Waals surface area contributed by atoms with Crippen molar-refractivity contribution in [2.75, 3.05) is 36.1 Å². The fourth-order valence-corrected chi connectivity index (χ4v) is 5.78. The summed E-state index contributed by atoms with van der Waals surface area (Å²) in [6.45, 7) is 3.47. The number of amides is 1. The van der Waals surface area contributed by atoms with Crippen molar-refractivity contribution in [2.24, 2.45) is 7.05 Å². The lowest BCUT2D eigenvalue weighted by Crippen LogP contribution is -2.37. The maximum atomic E-state index is 13.3. The Morgan fingerprint density at radius 3 is 2.51 bits per heavy atom. The molecule has 0 aliphatic carbocycles. The van der Waals surface area contributed by atoms with Crippen LogP contribution in [0.15, 0.2) is 77.9 Å². The van der Waals surface area contributed by atoms with E-state index in [0.29, 0.717) is 33.5 Å². The number of nitrogens with zero attached hydrogens (tertiary/aromatic N) is 6. The van der Waals surface area contributed by atoms with E-state index in [1.165, 1.54) is 4.68 Å². The molecule has 0 spiro atoms. The van der Waals surface area contributed by atoms with Gasteiger partial charge in [-0.05, 0) is 62.2 Å². The highest BCUT2D eigenvalue weighted by Gasteiger charge is 2.23. The van der Waals surface area contributed by atoms with E-state index in [4.69, 9.17) is 27.1 Å². The van der Waals surface area contributed by atoms with Gasteiger partial charge in [-0.3, -0.25) is 14.3 Å². The fraction of sp³-hybridized carbons (Fsp3) is 0.242. The molecule has 4 heterocycles. The van der Waals surface area contributed by atoms with Crippen molar-refractivity contribution in [2.45, 2.75) is 25.9 Å². The Hall–Kier alpha value is -5.00. The number of aromatic nitrogens is 5. The molecule has 3 N–H and O–H groups in total. The second-order valence-electron chi connectivity index (χ2n) is 10.9. The molecule has 5 aromatic rings. The van der Waals surface area contributed by atoms with Gasteiger partial charge in [0, 0.05) is 55.3 Å². The Kier molecular flexibility index (Phi) is 8.38. The number of anilines is 3. The maximum absolute atomic E-state index is 13.3. The molecular weight excluding hydrogens is 592 g/mol. The van der Waals surface area contributed by atoms with Gasteiger partial charge in [0.05, 0.1) is 29.4 Å². The quantitative estimate of drug-likeness (QED) is 0.255. The first-order valence-electron chi connectivity index (χ1n) is 14.6. The molecule has 0 saturated carbocycles. The summed E-state index contributed by atoms with van der Waals surface area (Å²) < 4.78 is 8.55. The topological polar surface area (TPSA) is 133 Å². The molecule has 0 unspecified atom stereocenters. The van der Waals surface area contributed by atoms with Crippen molar-refractivity contribution in [3.63, 3.8) is 0 Å². The zero-order chi connectivity index (χ0) is 31.7. The zero-order valence-corrected chi connectivity index (χ0v) is 26.0. The Bertz CT molecular complexity index is 1930. The van der Waals surface area contributed by atoms with Gasteiger partial charge in [0.1, 0.15) is 22.9 Å². The number of nitrogen functional groups attached to an aromatic ring is 1. The number of nitrogens with two attached hydrogens (primary N) is 1. The third-order valence-electron chi connectivity index (χ3n) is 8.19. The molecule has 0 bridgehead atoms. The minimum Gasteiger partial charge on any atom is -0.382 e. The normalized spacial score (nSPS) is 13.6. The molecular formula is C33H33ClN8O3. The number of carbonyl (C=O) groups excluding carboxylic acids is 1. The standard InChI is InChI=1S/C33H33ClN8O3/c1-20-29(33(44)42(40(20)2)25-6-4-5-23(34)18-25)32(43)38-24-9-7-21(8-10-24)30-31(35)37-19-27(39-30)22-11-14-36-28(17-22)41-15-12-26(45-3)13-16-41/h4-11,14,17-19,26H,12-13,15-16H2,1-3H3,(H2,35,37)(H,38,43). The molecule has 2 aromatic carbocycles. The second-order valence-corrected chi connectivity index (χ2v) is 11.4. The van der Waals surface area contributed by atoms with E-state index >= 15 is 0 Å². The van der Waals surface area contributed by atoms with Crippen molar-refractivity contribution in [1.29, 1.82) is 0 Å². The number of hydrogen-bond donors (Lipinski definition) is 2. The van der Waals surface area contributed by atoms with Crippen molar-refractivity contribution in [1.82, 2.24) is 24.3 Å². The minimum atomic E-state index is -0.511. The van der Waals surface area contributed by atoms with Crippen LogP contribution < -0.4 is 21.5 Å². The van der Waals surface area contributed by atoms with Gasteiger partial charge in [-0.1, -0.05) is 29.8 Å². The first-order valence-corrected chi connectivity index (χ1v) is 14.9. The predicted octanol–water partition coefficient (Wildman–Crippen LogP) is 5.11. The van der Waals surface area contributed by atoms with Gasteiger partial charge in [-0.15, -0.1) is 0 Å². The molecule has 45 heavy (non-hydrogen) atoms. The predicted molar refractivity (Wildman–Crippen MR) is 176 cm³/mol. The van der Waals surface area contributed by atoms with Crippen LogP contribution in [0.2, 0.25) is 5.02 Å². The molecule has 0 radical (unpaired) electrons. The van der Waals surface area contributed by atoms with E-state index in [1.807, 2.05) is 12.1 Å². The molecule has 0 atom stereocenters. The number of nitrogens with one attached hydrogen (secondary N) is 1. The molecule has 3 aromatic heterocycles. The molecule has 1 saturated heterocycles. The van der Waals surface area contributed by atoms with E-state index in [0.717, 1.165) is 42.9 Å². The van der Waals surface area contributed by atoms with Crippen molar-refractivity contribution in [3.8, 4) is 28.2 Å². The molecule has 6 rings (SSSR count). The van der Waals surface area contributed by atoms with E-state index in [1.54, 1.807) is 86.7 Å². The number of methoxy groups -OCH3 is 1. The van der Waals surface area contributed by atoms with Crippen LogP contribution in [0.5, 0.6) is 0 Å². The zero-order valence-electron chi connectivity index (χ0n) is 25.2. The van der Waals surface area contributed by atoms with Crippen LogP contribution in [-0.2, 0) is 11.8 Å². The van der Waals surface area contributed by atoms with Crippen LogP contribution >= 0.6 is 11.6 Å². The lowest BCUT2D eigenvalue weighted by Gasteiger charge is -2.32. The first-order chi connectivity index (χ1) is 21.7. The molecule has 12 heteroatoms. The van der Waals surface area contributed by atoms with Gasteiger partial charge in [-0.25, -0.2) is 19.6 Å². The van der Waals surface area contributed by atoms with Gasteiger partial charge in [0.25, 0.3) is 11.5 Å². The SMILES string of the molecule is COC1CCN(c2cc(-c3cnc(N)c(-c4ccc(NC(=O)c5c(C)n(C)n(-c6cccc(Cl)c6)c5=O)cc4)n3)ccn2)CC1. The highest BCUT2D eigenvalue weighted by atomic mass is 35.5. The van der Waals surface area contributed by atoms with E-state index in [-0.39, 0.29) is 17.5 Å². The smallest absolute Gasteiger partial charge is 0.284 e. The van der Waals surface area contributed by atoms with E-state index < -0.39 is 11.5 Å². The van der Waals surface area contributed by atoms with Gasteiger partial charge in [0.15, 0.2) is 0 Å². The summed E-state index contributed by atoms with van der Waals surface area (Å²) in [7, 11) is 3.48. The van der Waals surface area contributed by atoms with E-state index in [2.05, 4.69) is 20.2 Å². The summed E-state index contributed by atoms with van der Waals surface area (Å²) in [6.07, 6.45) is 5.63. The third-order valence-corrected chi connectivity index (χ3v) is 8.43. The molecule has 1 amide bonds. The van der Waals surface area contributed by atoms with Gasteiger partial charge in [0.2, 0.25) is 0 Å². The average Bonchev–Trinajstić information content (AvgIpc) is 3.28. The van der Waals surface area contributed by atoms with Gasteiger partial charge >= 0.3 is 0 Å². The average molecular weight is 625 g/mol. The summed E-state index contributed by atoms with van der Waals surface area (Å²) >= 11 is 6.14. The number of piperidine rings is 1. The number of pyridine rings is 1. The van der Waals surface area contributed by atoms with Gasteiger partial charge in [-0.2, -0.15) is 0 Å². The number of carbonyl (C=O) groups is 1. The number of benzene rings is 2. The Morgan fingerprint density at radius 1 is 1.04 bits per heavy atom.